The molecule has 1 aromatic heterocycles. The number of fused-ring (bicyclic) bond motifs is 1. The molecule has 122 valence electrons. The molecule has 3 aromatic rings. The smallest absolute Gasteiger partial charge is 0.336 e. The predicted octanol–water partition coefficient (Wildman–Crippen LogP) is 5.21. The Labute approximate surface area is 142 Å². The number of benzene rings is 2. The monoisotopic (exact) mass is 319 g/mol. The van der Waals surface area contributed by atoms with Crippen LogP contribution in [0.1, 0.15) is 42.3 Å². The van der Waals surface area contributed by atoms with Gasteiger partial charge >= 0.3 is 5.97 Å². The van der Waals surface area contributed by atoms with Crippen LogP contribution in [0.25, 0.3) is 22.2 Å². The molecule has 0 atom stereocenters. The first kappa shape index (κ1) is 16.2. The molecule has 0 aliphatic carbocycles. The first-order chi connectivity index (χ1) is 11.3. The zero-order chi connectivity index (χ0) is 17.5. The highest BCUT2D eigenvalue weighted by Crippen LogP contribution is 2.30. The second-order valence-electron chi connectivity index (χ2n) is 7.21. The van der Waals surface area contributed by atoms with E-state index >= 15 is 0 Å². The summed E-state index contributed by atoms with van der Waals surface area (Å²) in [6.45, 7) is 8.35. The van der Waals surface area contributed by atoms with Gasteiger partial charge in [0.25, 0.3) is 0 Å². The lowest BCUT2D eigenvalue weighted by molar-refractivity contribution is 0.0699. The topological polar surface area (TPSA) is 50.2 Å². The van der Waals surface area contributed by atoms with Gasteiger partial charge in [0.2, 0.25) is 0 Å². The van der Waals surface area contributed by atoms with Gasteiger partial charge in [-0.3, -0.25) is 0 Å². The molecule has 24 heavy (non-hydrogen) atoms. The largest absolute Gasteiger partial charge is 0.478 e. The molecule has 1 N–H and O–H groups in total. The van der Waals surface area contributed by atoms with Crippen LogP contribution in [0, 0.1) is 6.92 Å². The van der Waals surface area contributed by atoms with E-state index in [-0.39, 0.29) is 5.41 Å². The fourth-order valence-electron chi connectivity index (χ4n) is 2.82. The summed E-state index contributed by atoms with van der Waals surface area (Å²) in [6, 6.07) is 15.5. The van der Waals surface area contributed by atoms with E-state index in [1.165, 1.54) is 0 Å². The summed E-state index contributed by atoms with van der Waals surface area (Å²) in [4.78, 5) is 16.5. The summed E-state index contributed by atoms with van der Waals surface area (Å²) in [5, 5.41) is 10.4. The van der Waals surface area contributed by atoms with Crippen molar-refractivity contribution in [2.75, 3.05) is 0 Å². The van der Waals surface area contributed by atoms with E-state index in [1.54, 1.807) is 6.07 Å². The Hall–Kier alpha value is -2.68. The van der Waals surface area contributed by atoms with Crippen LogP contribution in [0.15, 0.2) is 48.5 Å². The number of hydrogen-bond donors (Lipinski definition) is 1. The van der Waals surface area contributed by atoms with E-state index in [0.717, 1.165) is 16.7 Å². The second kappa shape index (κ2) is 5.75. The third-order valence-corrected chi connectivity index (χ3v) is 4.22. The van der Waals surface area contributed by atoms with Crippen molar-refractivity contribution in [2.45, 2.75) is 33.1 Å². The minimum atomic E-state index is -0.928. The van der Waals surface area contributed by atoms with Gasteiger partial charge in [0.15, 0.2) is 0 Å². The number of aromatic carboxylic acids is 1. The minimum Gasteiger partial charge on any atom is -0.478 e. The SMILES string of the molecule is Cc1cccc(-c2cc(C(=O)O)c3cc(C(C)(C)C)ccc3n2)c1. The second-order valence-corrected chi connectivity index (χ2v) is 7.21. The van der Waals surface area contributed by atoms with Gasteiger partial charge in [0.1, 0.15) is 0 Å². The first-order valence-electron chi connectivity index (χ1n) is 8.01. The lowest BCUT2D eigenvalue weighted by Crippen LogP contribution is -2.11. The summed E-state index contributed by atoms with van der Waals surface area (Å²) >= 11 is 0. The third-order valence-electron chi connectivity index (χ3n) is 4.22. The molecular weight excluding hydrogens is 298 g/mol. The van der Waals surface area contributed by atoms with Crippen LogP contribution in [0.3, 0.4) is 0 Å². The van der Waals surface area contributed by atoms with Crippen molar-refractivity contribution in [2.24, 2.45) is 0 Å². The van der Waals surface area contributed by atoms with Crippen LogP contribution in [-0.4, -0.2) is 16.1 Å². The third kappa shape index (κ3) is 3.02. The number of rotatable bonds is 2. The Morgan fingerprint density at radius 1 is 1.04 bits per heavy atom. The van der Waals surface area contributed by atoms with Gasteiger partial charge in [-0.25, -0.2) is 9.78 Å². The maximum Gasteiger partial charge on any atom is 0.336 e. The fraction of sp³-hybridized carbons (Fsp3) is 0.238. The fourth-order valence-corrected chi connectivity index (χ4v) is 2.82. The van der Waals surface area contributed by atoms with Gasteiger partial charge in [-0.2, -0.15) is 0 Å². The Morgan fingerprint density at radius 2 is 1.79 bits per heavy atom. The molecule has 0 amide bonds. The maximum atomic E-state index is 11.8. The summed E-state index contributed by atoms with van der Waals surface area (Å²) in [7, 11) is 0. The van der Waals surface area contributed by atoms with E-state index in [4.69, 9.17) is 0 Å². The molecule has 2 aromatic carbocycles. The molecule has 0 unspecified atom stereocenters. The van der Waals surface area contributed by atoms with Crippen molar-refractivity contribution < 1.29 is 9.90 Å². The van der Waals surface area contributed by atoms with Gasteiger partial charge in [0.05, 0.1) is 16.8 Å². The molecule has 1 heterocycles. The van der Waals surface area contributed by atoms with Crippen molar-refractivity contribution in [3.63, 3.8) is 0 Å². The van der Waals surface area contributed by atoms with E-state index in [1.807, 2.05) is 49.4 Å². The van der Waals surface area contributed by atoms with E-state index < -0.39 is 5.97 Å². The summed E-state index contributed by atoms with van der Waals surface area (Å²) in [5.74, 6) is -0.928. The molecule has 0 fully saturated rings. The van der Waals surface area contributed by atoms with Gasteiger partial charge in [-0.15, -0.1) is 0 Å². The molecule has 0 saturated heterocycles. The molecule has 0 bridgehead atoms. The van der Waals surface area contributed by atoms with Gasteiger partial charge in [-0.05, 0) is 42.2 Å². The number of carboxylic acids is 1. The molecule has 3 nitrogen and oxygen atoms in total. The predicted molar refractivity (Wildman–Crippen MR) is 97.6 cm³/mol. The number of pyridine rings is 1. The van der Waals surface area contributed by atoms with Gasteiger partial charge in [0, 0.05) is 10.9 Å². The molecule has 0 spiro atoms. The average molecular weight is 319 g/mol. The Balaban J connectivity index is 2.28. The molecule has 0 saturated carbocycles. The number of carboxylic acid groups (broad SMARTS) is 1. The first-order valence-corrected chi connectivity index (χ1v) is 8.01. The molecular formula is C21H21NO2. The van der Waals surface area contributed by atoms with Crippen molar-refractivity contribution in [1.29, 1.82) is 0 Å². The highest BCUT2D eigenvalue weighted by Gasteiger charge is 2.18. The number of carbonyl (C=O) groups is 1. The Morgan fingerprint density at radius 3 is 2.42 bits per heavy atom. The number of nitrogens with zero attached hydrogens (tertiary/aromatic N) is 1. The van der Waals surface area contributed by atoms with Crippen molar-refractivity contribution >= 4 is 16.9 Å². The van der Waals surface area contributed by atoms with Crippen LogP contribution >= 0.6 is 0 Å². The van der Waals surface area contributed by atoms with E-state index in [9.17, 15) is 9.90 Å². The lowest BCUT2D eigenvalue weighted by Gasteiger charge is -2.20. The van der Waals surface area contributed by atoms with Crippen molar-refractivity contribution in [1.82, 2.24) is 4.98 Å². The van der Waals surface area contributed by atoms with Crippen LogP contribution in [0.2, 0.25) is 0 Å². The molecule has 0 radical (unpaired) electrons. The van der Waals surface area contributed by atoms with E-state index in [2.05, 4.69) is 25.8 Å². The summed E-state index contributed by atoms with van der Waals surface area (Å²) < 4.78 is 0. The van der Waals surface area contributed by atoms with Crippen molar-refractivity contribution in [3.05, 3.63) is 65.2 Å². The highest BCUT2D eigenvalue weighted by molar-refractivity contribution is 6.04. The molecule has 3 heteroatoms. The quantitative estimate of drug-likeness (QED) is 0.705. The highest BCUT2D eigenvalue weighted by atomic mass is 16.4. The minimum absolute atomic E-state index is 0.0425. The van der Waals surface area contributed by atoms with Gasteiger partial charge < -0.3 is 5.11 Å². The summed E-state index contributed by atoms with van der Waals surface area (Å²) in [5.41, 5.74) is 4.80. The molecule has 0 aliphatic rings. The van der Waals surface area contributed by atoms with Crippen LogP contribution < -0.4 is 0 Å². The van der Waals surface area contributed by atoms with Gasteiger partial charge in [-0.1, -0.05) is 50.6 Å². The zero-order valence-electron chi connectivity index (χ0n) is 14.4. The number of aryl methyl sites for hydroxylation is 1. The maximum absolute atomic E-state index is 11.8. The zero-order valence-corrected chi connectivity index (χ0v) is 14.4. The summed E-state index contributed by atoms with van der Waals surface area (Å²) in [6.07, 6.45) is 0. The Kier molecular flexibility index (Phi) is 3.88. The Bertz CT molecular complexity index is 936. The number of hydrogen-bond acceptors (Lipinski definition) is 2. The average Bonchev–Trinajstić information content (AvgIpc) is 2.52. The molecule has 3 rings (SSSR count). The van der Waals surface area contributed by atoms with Crippen LogP contribution in [0.5, 0.6) is 0 Å². The van der Waals surface area contributed by atoms with Crippen LogP contribution in [-0.2, 0) is 5.41 Å². The van der Waals surface area contributed by atoms with Crippen molar-refractivity contribution in [3.8, 4) is 11.3 Å². The standard InChI is InChI=1S/C21H21NO2/c1-13-6-5-7-14(10-13)19-12-17(20(23)24)16-11-15(21(2,3)4)8-9-18(16)22-19/h5-12H,1-4H3,(H,23,24). The van der Waals surface area contributed by atoms with Crippen LogP contribution in [0.4, 0.5) is 0 Å². The number of aromatic nitrogens is 1. The normalized spacial score (nSPS) is 11.7. The molecule has 0 aliphatic heterocycles. The van der Waals surface area contributed by atoms with E-state index in [0.29, 0.717) is 22.2 Å². The lowest BCUT2D eigenvalue weighted by atomic mass is 9.86.